The zero-order valence-electron chi connectivity index (χ0n) is 14.2. The van der Waals surface area contributed by atoms with Crippen LogP contribution < -0.4 is 0 Å². The first-order valence-electron chi connectivity index (χ1n) is 7.63. The van der Waals surface area contributed by atoms with Crippen molar-refractivity contribution in [3.63, 3.8) is 0 Å². The molecule has 0 aliphatic carbocycles. The van der Waals surface area contributed by atoms with Gasteiger partial charge in [0.2, 0.25) is 0 Å². The standard InChI is InChI=1S/C17H24ClNO4/c1-16(2,3)23-15(21)19-12(10-22-17(19,4)5)8-11-6-7-14(20)13(18)9-11/h6-7,9,12,20H,8,10H2,1-5H3. The van der Waals surface area contributed by atoms with Crippen LogP contribution in [0.15, 0.2) is 18.2 Å². The molecule has 1 unspecified atom stereocenters. The molecule has 1 N–H and O–H groups in total. The largest absolute Gasteiger partial charge is 0.506 e. The molecule has 1 aromatic rings. The van der Waals surface area contributed by atoms with Gasteiger partial charge < -0.3 is 14.6 Å². The van der Waals surface area contributed by atoms with Crippen LogP contribution in [0.3, 0.4) is 0 Å². The number of ether oxygens (including phenoxy) is 2. The van der Waals surface area contributed by atoms with E-state index in [0.717, 1.165) is 5.56 Å². The molecule has 1 aliphatic rings. The molecule has 0 aromatic heterocycles. The quantitative estimate of drug-likeness (QED) is 0.884. The van der Waals surface area contributed by atoms with E-state index in [-0.39, 0.29) is 11.8 Å². The average Bonchev–Trinajstić information content (AvgIpc) is 2.67. The molecule has 1 fully saturated rings. The van der Waals surface area contributed by atoms with Crippen molar-refractivity contribution in [2.75, 3.05) is 6.61 Å². The fourth-order valence-electron chi connectivity index (χ4n) is 2.66. The number of carbonyl (C=O) groups is 1. The number of amides is 1. The molecule has 0 saturated carbocycles. The Balaban J connectivity index is 2.19. The lowest BCUT2D eigenvalue weighted by molar-refractivity contribution is -0.0624. The maximum atomic E-state index is 12.6. The highest BCUT2D eigenvalue weighted by molar-refractivity contribution is 6.32. The van der Waals surface area contributed by atoms with E-state index in [4.69, 9.17) is 21.1 Å². The van der Waals surface area contributed by atoms with Crippen LogP contribution in [0.1, 0.15) is 40.2 Å². The molecular weight excluding hydrogens is 318 g/mol. The Bertz CT molecular complexity index is 595. The monoisotopic (exact) mass is 341 g/mol. The van der Waals surface area contributed by atoms with Gasteiger partial charge in [0.05, 0.1) is 17.7 Å². The lowest BCUT2D eigenvalue weighted by atomic mass is 10.0. The lowest BCUT2D eigenvalue weighted by Gasteiger charge is -2.35. The molecule has 0 bridgehead atoms. The summed E-state index contributed by atoms with van der Waals surface area (Å²) in [5.41, 5.74) is -0.372. The van der Waals surface area contributed by atoms with Gasteiger partial charge >= 0.3 is 6.09 Å². The van der Waals surface area contributed by atoms with Crippen molar-refractivity contribution in [1.82, 2.24) is 4.90 Å². The van der Waals surface area contributed by atoms with Crippen LogP contribution in [0, 0.1) is 0 Å². The van der Waals surface area contributed by atoms with Crippen LogP contribution in [0.5, 0.6) is 5.75 Å². The van der Waals surface area contributed by atoms with Gasteiger partial charge in [-0.05, 0) is 58.7 Å². The van der Waals surface area contributed by atoms with Crippen LogP contribution >= 0.6 is 11.6 Å². The minimum absolute atomic E-state index is 0.0439. The molecule has 0 radical (unpaired) electrons. The van der Waals surface area contributed by atoms with E-state index >= 15 is 0 Å². The van der Waals surface area contributed by atoms with Crippen molar-refractivity contribution in [3.05, 3.63) is 28.8 Å². The van der Waals surface area contributed by atoms with Crippen molar-refractivity contribution in [3.8, 4) is 5.75 Å². The van der Waals surface area contributed by atoms with Gasteiger partial charge in [-0.1, -0.05) is 17.7 Å². The molecule has 1 amide bonds. The Labute approximate surface area is 142 Å². The van der Waals surface area contributed by atoms with E-state index in [9.17, 15) is 9.90 Å². The lowest BCUT2D eigenvalue weighted by Crippen LogP contribution is -2.50. The van der Waals surface area contributed by atoms with E-state index in [1.54, 1.807) is 23.1 Å². The molecule has 23 heavy (non-hydrogen) atoms. The van der Waals surface area contributed by atoms with Gasteiger partial charge in [-0.25, -0.2) is 4.79 Å². The summed E-state index contributed by atoms with van der Waals surface area (Å²) in [6, 6.07) is 4.89. The molecule has 128 valence electrons. The van der Waals surface area contributed by atoms with Crippen molar-refractivity contribution < 1.29 is 19.4 Å². The number of hydrogen-bond donors (Lipinski definition) is 1. The van der Waals surface area contributed by atoms with Crippen molar-refractivity contribution in [2.24, 2.45) is 0 Å². The van der Waals surface area contributed by atoms with Crippen LogP contribution in [0.2, 0.25) is 5.02 Å². The summed E-state index contributed by atoms with van der Waals surface area (Å²) in [5, 5.41) is 9.81. The molecule has 1 aromatic carbocycles. The third-order valence-electron chi connectivity index (χ3n) is 3.65. The number of phenolic OH excluding ortho intramolecular Hbond substituents is 1. The molecule has 0 spiro atoms. The van der Waals surface area contributed by atoms with E-state index in [2.05, 4.69) is 0 Å². The number of rotatable bonds is 2. The summed E-state index contributed by atoms with van der Waals surface area (Å²) in [5.74, 6) is 0.0439. The van der Waals surface area contributed by atoms with E-state index in [0.29, 0.717) is 18.1 Å². The molecule has 1 aliphatic heterocycles. The summed E-state index contributed by atoms with van der Waals surface area (Å²) in [6.45, 7) is 9.63. The Morgan fingerprint density at radius 2 is 2.13 bits per heavy atom. The Morgan fingerprint density at radius 3 is 2.70 bits per heavy atom. The molecule has 5 nitrogen and oxygen atoms in total. The number of phenols is 1. The van der Waals surface area contributed by atoms with Crippen LogP contribution in [0.4, 0.5) is 4.79 Å². The minimum atomic E-state index is -0.728. The molecular formula is C17H24ClNO4. The van der Waals surface area contributed by atoms with Crippen molar-refractivity contribution in [2.45, 2.75) is 58.4 Å². The van der Waals surface area contributed by atoms with Crippen molar-refractivity contribution >= 4 is 17.7 Å². The third kappa shape index (κ3) is 4.30. The Morgan fingerprint density at radius 1 is 1.48 bits per heavy atom. The Hall–Kier alpha value is -1.46. The minimum Gasteiger partial charge on any atom is -0.506 e. The predicted molar refractivity (Wildman–Crippen MR) is 88.7 cm³/mol. The summed E-state index contributed by atoms with van der Waals surface area (Å²) in [4.78, 5) is 14.2. The van der Waals surface area contributed by atoms with Crippen LogP contribution in [0.25, 0.3) is 0 Å². The average molecular weight is 342 g/mol. The summed E-state index contributed by atoms with van der Waals surface area (Å²) < 4.78 is 11.3. The first kappa shape index (κ1) is 17.9. The maximum absolute atomic E-state index is 12.6. The number of aromatic hydroxyl groups is 1. The molecule has 6 heteroatoms. The van der Waals surface area contributed by atoms with Gasteiger partial charge in [-0.15, -0.1) is 0 Å². The van der Waals surface area contributed by atoms with Gasteiger partial charge in [0.25, 0.3) is 0 Å². The summed E-state index contributed by atoms with van der Waals surface area (Å²) in [6.07, 6.45) is 0.178. The molecule has 2 rings (SSSR count). The number of hydrogen-bond acceptors (Lipinski definition) is 4. The van der Waals surface area contributed by atoms with Gasteiger partial charge in [0.1, 0.15) is 17.1 Å². The predicted octanol–water partition coefficient (Wildman–Crippen LogP) is 3.96. The number of halogens is 1. The second kappa shape index (κ2) is 6.21. The first-order chi connectivity index (χ1) is 10.5. The highest BCUT2D eigenvalue weighted by Gasteiger charge is 2.45. The van der Waals surface area contributed by atoms with E-state index in [1.165, 1.54) is 0 Å². The maximum Gasteiger partial charge on any atom is 0.412 e. The topological polar surface area (TPSA) is 59.0 Å². The number of benzene rings is 1. The SMILES string of the molecule is CC(C)(C)OC(=O)N1C(Cc2ccc(O)c(Cl)c2)COC1(C)C. The molecule has 1 atom stereocenters. The van der Waals surface area contributed by atoms with Crippen LogP contribution in [-0.2, 0) is 15.9 Å². The summed E-state index contributed by atoms with van der Waals surface area (Å²) >= 11 is 5.95. The first-order valence-corrected chi connectivity index (χ1v) is 8.01. The second-order valence-electron chi connectivity index (χ2n) is 7.25. The van der Waals surface area contributed by atoms with Gasteiger partial charge in [-0.2, -0.15) is 0 Å². The molecule has 1 saturated heterocycles. The highest BCUT2D eigenvalue weighted by Crippen LogP contribution is 2.32. The highest BCUT2D eigenvalue weighted by atomic mass is 35.5. The fraction of sp³-hybridized carbons (Fsp3) is 0.588. The van der Waals surface area contributed by atoms with Gasteiger partial charge in [-0.3, -0.25) is 4.90 Å². The zero-order valence-corrected chi connectivity index (χ0v) is 15.0. The van der Waals surface area contributed by atoms with Gasteiger partial charge in [0.15, 0.2) is 0 Å². The summed E-state index contributed by atoms with van der Waals surface area (Å²) in [7, 11) is 0. The van der Waals surface area contributed by atoms with Gasteiger partial charge in [0, 0.05) is 0 Å². The van der Waals surface area contributed by atoms with E-state index < -0.39 is 17.4 Å². The number of nitrogens with zero attached hydrogens (tertiary/aromatic N) is 1. The molecule has 1 heterocycles. The zero-order chi connectivity index (χ0) is 17.4. The van der Waals surface area contributed by atoms with Crippen LogP contribution in [-0.4, -0.2) is 40.1 Å². The second-order valence-corrected chi connectivity index (χ2v) is 7.66. The number of carbonyl (C=O) groups excluding carboxylic acids is 1. The van der Waals surface area contributed by atoms with Crippen molar-refractivity contribution in [1.29, 1.82) is 0 Å². The normalized spacial score (nSPS) is 20.6. The Kier molecular flexibility index (Phi) is 4.83. The smallest absolute Gasteiger partial charge is 0.412 e. The fourth-order valence-corrected chi connectivity index (χ4v) is 2.87. The third-order valence-corrected chi connectivity index (χ3v) is 3.95. The van der Waals surface area contributed by atoms with E-state index in [1.807, 2.05) is 34.6 Å².